The molecule has 0 saturated carbocycles. The lowest BCUT2D eigenvalue weighted by Gasteiger charge is -2.38. The highest BCUT2D eigenvalue weighted by Gasteiger charge is 2.39. The van der Waals surface area contributed by atoms with Gasteiger partial charge in [-0.1, -0.05) is 100 Å². The Labute approximate surface area is 241 Å². The molecule has 6 heteroatoms. The molecular weight excluding hydrogens is 494 g/mol. The van der Waals surface area contributed by atoms with E-state index in [-0.39, 0.29) is 18.0 Å². The molecule has 3 aromatic carbocycles. The van der Waals surface area contributed by atoms with Crippen molar-refractivity contribution in [2.75, 3.05) is 37.6 Å². The second kappa shape index (κ2) is 16.4. The van der Waals surface area contributed by atoms with E-state index in [1.165, 1.54) is 11.1 Å². The number of nitriles is 1. The molecule has 212 valence electrons. The van der Waals surface area contributed by atoms with Crippen LogP contribution in [0.1, 0.15) is 50.8 Å². The molecule has 1 N–H and O–H groups in total. The molecule has 0 aliphatic carbocycles. The molecule has 2 saturated heterocycles. The summed E-state index contributed by atoms with van der Waals surface area (Å²) in [7, 11) is 0. The first-order valence-corrected chi connectivity index (χ1v) is 14.8. The van der Waals surface area contributed by atoms with Gasteiger partial charge in [-0.05, 0) is 29.7 Å². The van der Waals surface area contributed by atoms with Crippen LogP contribution in [-0.4, -0.2) is 60.5 Å². The summed E-state index contributed by atoms with van der Waals surface area (Å²) in [5.74, 6) is 0.225. The van der Waals surface area contributed by atoms with Crippen LogP contribution in [0.3, 0.4) is 0 Å². The molecule has 2 heterocycles. The van der Waals surface area contributed by atoms with Crippen LogP contribution in [0.15, 0.2) is 84.9 Å². The highest BCUT2D eigenvalue weighted by atomic mass is 16.2. The van der Waals surface area contributed by atoms with E-state index in [0.717, 1.165) is 44.8 Å². The van der Waals surface area contributed by atoms with E-state index in [9.17, 15) is 10.1 Å². The number of amides is 1. The lowest BCUT2D eigenvalue weighted by Crippen LogP contribution is -2.53. The average Bonchev–Trinajstić information content (AvgIpc) is 3.45. The molecule has 40 heavy (non-hydrogen) atoms. The van der Waals surface area contributed by atoms with Crippen molar-refractivity contribution in [3.63, 3.8) is 0 Å². The number of para-hydroxylation sites is 1. The fourth-order valence-electron chi connectivity index (χ4n) is 5.38. The van der Waals surface area contributed by atoms with Crippen molar-refractivity contribution in [2.24, 2.45) is 0 Å². The van der Waals surface area contributed by atoms with Gasteiger partial charge in [-0.25, -0.2) is 0 Å². The van der Waals surface area contributed by atoms with Crippen LogP contribution < -0.4 is 10.2 Å². The van der Waals surface area contributed by atoms with E-state index in [1.807, 2.05) is 69.0 Å². The van der Waals surface area contributed by atoms with Gasteiger partial charge in [0.05, 0.1) is 17.3 Å². The third-order valence-electron chi connectivity index (χ3n) is 7.31. The number of benzene rings is 3. The van der Waals surface area contributed by atoms with Crippen molar-refractivity contribution in [1.82, 2.24) is 15.1 Å². The van der Waals surface area contributed by atoms with Gasteiger partial charge < -0.3 is 15.1 Å². The summed E-state index contributed by atoms with van der Waals surface area (Å²) < 4.78 is 0. The summed E-state index contributed by atoms with van der Waals surface area (Å²) in [5.41, 5.74) is 4.14. The van der Waals surface area contributed by atoms with Gasteiger partial charge in [0.2, 0.25) is 5.91 Å². The van der Waals surface area contributed by atoms with Gasteiger partial charge in [0.1, 0.15) is 6.07 Å². The number of nitrogens with zero attached hydrogens (tertiary/aromatic N) is 4. The molecule has 2 atom stereocenters. The standard InChI is InChI=1S/C30H33N5O.2C2H6/c31-20-26-13-7-8-14-28(26)33-15-17-34(18-16-33)30(36)29-19-27(32-21-24-9-3-1-4-10-24)23-35(29)22-25-11-5-2-6-12-25;2*1-2/h1-14,27,29,32H,15-19,21-23H2;2*1-2H3/t27-,29-;;/m0../s1. The number of carbonyl (C=O) groups is 1. The first kappa shape index (κ1) is 30.9. The maximum absolute atomic E-state index is 13.8. The van der Waals surface area contributed by atoms with Crippen LogP contribution in [0.4, 0.5) is 5.69 Å². The minimum absolute atomic E-state index is 0.128. The van der Waals surface area contributed by atoms with Gasteiger partial charge in [-0.2, -0.15) is 5.26 Å². The molecule has 5 rings (SSSR count). The van der Waals surface area contributed by atoms with Crippen molar-refractivity contribution in [1.29, 1.82) is 5.26 Å². The van der Waals surface area contributed by atoms with Gasteiger partial charge >= 0.3 is 0 Å². The number of anilines is 1. The summed E-state index contributed by atoms with van der Waals surface area (Å²) in [6, 6.07) is 31.0. The number of likely N-dealkylation sites (tertiary alicyclic amines) is 1. The normalized spacial score (nSPS) is 18.6. The maximum atomic E-state index is 13.8. The van der Waals surface area contributed by atoms with Crippen LogP contribution in [-0.2, 0) is 17.9 Å². The Balaban J connectivity index is 0.00000106. The summed E-state index contributed by atoms with van der Waals surface area (Å²) >= 11 is 0. The number of hydrogen-bond donors (Lipinski definition) is 1. The Morgan fingerprint density at radius 1 is 0.825 bits per heavy atom. The average molecular weight is 540 g/mol. The molecule has 2 aliphatic rings. The van der Waals surface area contributed by atoms with Gasteiger partial charge in [0.25, 0.3) is 0 Å². The molecule has 0 unspecified atom stereocenters. The lowest BCUT2D eigenvalue weighted by molar-refractivity contribution is -0.136. The van der Waals surface area contributed by atoms with E-state index in [4.69, 9.17) is 0 Å². The minimum Gasteiger partial charge on any atom is -0.367 e. The smallest absolute Gasteiger partial charge is 0.240 e. The molecule has 6 nitrogen and oxygen atoms in total. The highest BCUT2D eigenvalue weighted by Crippen LogP contribution is 2.25. The van der Waals surface area contributed by atoms with Crippen LogP contribution >= 0.6 is 0 Å². The predicted octanol–water partition coefficient (Wildman–Crippen LogP) is 5.69. The molecule has 1 amide bonds. The summed E-state index contributed by atoms with van der Waals surface area (Å²) in [5, 5.41) is 13.2. The minimum atomic E-state index is -0.128. The van der Waals surface area contributed by atoms with Gasteiger partial charge in [0.15, 0.2) is 0 Å². The number of hydrogen-bond acceptors (Lipinski definition) is 5. The van der Waals surface area contributed by atoms with E-state index >= 15 is 0 Å². The number of carbonyl (C=O) groups excluding carboxylic acids is 1. The molecule has 0 bridgehead atoms. The fraction of sp³-hybridized carbons (Fsp3) is 0.412. The zero-order chi connectivity index (χ0) is 28.7. The number of rotatable bonds is 7. The fourth-order valence-corrected chi connectivity index (χ4v) is 5.38. The van der Waals surface area contributed by atoms with E-state index in [2.05, 4.69) is 69.7 Å². The van der Waals surface area contributed by atoms with E-state index in [1.54, 1.807) is 0 Å². The van der Waals surface area contributed by atoms with Crippen LogP contribution in [0.5, 0.6) is 0 Å². The molecule has 2 fully saturated rings. The SMILES string of the molecule is CC.CC.N#Cc1ccccc1N1CCN(C(=O)[C@@H]2C[C@H](NCc3ccccc3)CN2Cc2ccccc2)CC1. The van der Waals surface area contributed by atoms with E-state index in [0.29, 0.717) is 18.7 Å². The van der Waals surface area contributed by atoms with Gasteiger partial charge in [0, 0.05) is 51.9 Å². The Bertz CT molecular complexity index is 1190. The highest BCUT2D eigenvalue weighted by molar-refractivity contribution is 5.82. The lowest BCUT2D eigenvalue weighted by atomic mass is 10.1. The third-order valence-corrected chi connectivity index (χ3v) is 7.31. The Hall–Kier alpha value is -3.66. The van der Waals surface area contributed by atoms with Crippen LogP contribution in [0.25, 0.3) is 0 Å². The van der Waals surface area contributed by atoms with Crippen LogP contribution in [0.2, 0.25) is 0 Å². The summed E-state index contributed by atoms with van der Waals surface area (Å²) in [4.78, 5) is 20.4. The molecule has 0 radical (unpaired) electrons. The van der Waals surface area contributed by atoms with E-state index < -0.39 is 0 Å². The maximum Gasteiger partial charge on any atom is 0.240 e. The van der Waals surface area contributed by atoms with Crippen molar-refractivity contribution in [2.45, 2.75) is 59.3 Å². The molecule has 3 aromatic rings. The van der Waals surface area contributed by atoms with Crippen molar-refractivity contribution >= 4 is 11.6 Å². The summed E-state index contributed by atoms with van der Waals surface area (Å²) in [6.07, 6.45) is 0.815. The molecule has 2 aliphatic heterocycles. The second-order valence-corrected chi connectivity index (χ2v) is 9.67. The molecule has 0 spiro atoms. The summed E-state index contributed by atoms with van der Waals surface area (Å²) in [6.45, 7) is 13.3. The molecule has 0 aromatic heterocycles. The van der Waals surface area contributed by atoms with Crippen molar-refractivity contribution in [3.8, 4) is 6.07 Å². The Morgan fingerprint density at radius 2 is 1.40 bits per heavy atom. The number of piperazine rings is 1. The zero-order valence-corrected chi connectivity index (χ0v) is 24.6. The quantitative estimate of drug-likeness (QED) is 0.418. The molecular formula is C34H45N5O. The Morgan fingerprint density at radius 3 is 2.02 bits per heavy atom. The topological polar surface area (TPSA) is 62.6 Å². The van der Waals surface area contributed by atoms with Gasteiger partial charge in [-0.3, -0.25) is 9.69 Å². The zero-order valence-electron chi connectivity index (χ0n) is 24.6. The Kier molecular flexibility index (Phi) is 12.7. The third kappa shape index (κ3) is 8.17. The predicted molar refractivity (Wildman–Crippen MR) is 165 cm³/mol. The second-order valence-electron chi connectivity index (χ2n) is 9.67. The largest absolute Gasteiger partial charge is 0.367 e. The first-order chi connectivity index (χ1) is 19.7. The number of nitrogens with one attached hydrogen (secondary N) is 1. The van der Waals surface area contributed by atoms with Crippen LogP contribution in [0, 0.1) is 11.3 Å². The monoisotopic (exact) mass is 539 g/mol. The van der Waals surface area contributed by atoms with Crippen molar-refractivity contribution < 1.29 is 4.79 Å². The van der Waals surface area contributed by atoms with Gasteiger partial charge in [-0.15, -0.1) is 0 Å². The van der Waals surface area contributed by atoms with Crippen molar-refractivity contribution in [3.05, 3.63) is 102 Å². The first-order valence-electron chi connectivity index (χ1n) is 14.8.